The normalized spacial score (nSPS) is 13.5. The van der Waals surface area contributed by atoms with E-state index in [1.165, 1.54) is 0 Å². The van der Waals surface area contributed by atoms with Gasteiger partial charge in [0, 0.05) is 23.9 Å². The second-order valence-electron chi connectivity index (χ2n) is 4.22. The molecule has 0 aliphatic rings. The van der Waals surface area contributed by atoms with Crippen LogP contribution in [0.4, 0.5) is 0 Å². The summed E-state index contributed by atoms with van der Waals surface area (Å²) >= 11 is 0. The lowest BCUT2D eigenvalue weighted by molar-refractivity contribution is -0.136. The molecule has 0 aromatic heterocycles. The highest BCUT2D eigenvalue weighted by molar-refractivity contribution is 7.86. The third-order valence-electron chi connectivity index (χ3n) is 2.97. The van der Waals surface area contributed by atoms with Crippen LogP contribution in [0.3, 0.4) is 0 Å². The van der Waals surface area contributed by atoms with Gasteiger partial charge < -0.3 is 10.0 Å². The number of amides is 1. The molecule has 1 rings (SSSR count). The van der Waals surface area contributed by atoms with Gasteiger partial charge in [-0.1, -0.05) is 30.3 Å². The molecule has 0 fully saturated rings. The zero-order chi connectivity index (χ0) is 15.1. The summed E-state index contributed by atoms with van der Waals surface area (Å²) in [6.07, 6.45) is 0. The van der Waals surface area contributed by atoms with E-state index in [-0.39, 0.29) is 11.7 Å². The average Bonchev–Trinajstić information content (AvgIpc) is 2.40. The fourth-order valence-corrected chi connectivity index (χ4v) is 3.19. The van der Waals surface area contributed by atoms with Crippen LogP contribution >= 0.6 is 0 Å². The molecule has 0 radical (unpaired) electrons. The Bertz CT molecular complexity index is 485. The van der Waals surface area contributed by atoms with Crippen LogP contribution in [0, 0.1) is 0 Å². The molecule has 5 nitrogen and oxygen atoms in total. The van der Waals surface area contributed by atoms with Gasteiger partial charge in [-0.25, -0.2) is 0 Å². The van der Waals surface area contributed by atoms with Crippen LogP contribution in [-0.2, 0) is 20.4 Å². The quantitative estimate of drug-likeness (QED) is 0.826. The molecule has 1 aromatic rings. The standard InChI is InChI=1S/C14H19NO4S/c1-3-15(4-2)12(16)10-20(19)13(14(17)18)11-8-6-5-7-9-11/h5-9,13H,3-4,10H2,1-2H3,(H,17,18). The maximum absolute atomic E-state index is 12.2. The van der Waals surface area contributed by atoms with Crippen molar-refractivity contribution in [3.63, 3.8) is 0 Å². The number of aliphatic carboxylic acids is 1. The Labute approximate surface area is 121 Å². The third kappa shape index (κ3) is 4.16. The van der Waals surface area contributed by atoms with Gasteiger partial charge in [-0.2, -0.15) is 0 Å². The molecule has 110 valence electrons. The van der Waals surface area contributed by atoms with E-state index < -0.39 is 22.0 Å². The second-order valence-corrected chi connectivity index (χ2v) is 5.74. The first-order chi connectivity index (χ1) is 9.51. The molecule has 6 heteroatoms. The molecule has 0 spiro atoms. The van der Waals surface area contributed by atoms with Crippen molar-refractivity contribution in [1.82, 2.24) is 4.90 Å². The maximum Gasteiger partial charge on any atom is 0.323 e. The molecule has 1 amide bonds. The van der Waals surface area contributed by atoms with Crippen molar-refractivity contribution in [3.8, 4) is 0 Å². The Balaban J connectivity index is 2.87. The lowest BCUT2D eigenvalue weighted by atomic mass is 10.1. The lowest BCUT2D eigenvalue weighted by Crippen LogP contribution is -2.35. The van der Waals surface area contributed by atoms with Gasteiger partial charge in [-0.3, -0.25) is 13.8 Å². The first-order valence-corrected chi connectivity index (χ1v) is 7.82. The highest BCUT2D eigenvalue weighted by Gasteiger charge is 2.29. The SMILES string of the molecule is CCN(CC)C(=O)CS(=O)C(C(=O)O)c1ccccc1. The average molecular weight is 297 g/mol. The van der Waals surface area contributed by atoms with Crippen molar-refractivity contribution in [2.45, 2.75) is 19.1 Å². The Hall–Kier alpha value is -1.69. The lowest BCUT2D eigenvalue weighted by Gasteiger charge is -2.19. The Morgan fingerprint density at radius 3 is 2.20 bits per heavy atom. The molecule has 2 atom stereocenters. The number of hydrogen-bond acceptors (Lipinski definition) is 3. The van der Waals surface area contributed by atoms with E-state index in [1.807, 2.05) is 13.8 Å². The number of carboxylic acids is 1. The van der Waals surface area contributed by atoms with Crippen LogP contribution in [0.5, 0.6) is 0 Å². The molecule has 0 heterocycles. The fraction of sp³-hybridized carbons (Fsp3) is 0.429. The number of carboxylic acid groups (broad SMARTS) is 1. The van der Waals surface area contributed by atoms with Gasteiger partial charge in [-0.05, 0) is 19.4 Å². The third-order valence-corrected chi connectivity index (χ3v) is 4.50. The first-order valence-electron chi connectivity index (χ1n) is 6.43. The van der Waals surface area contributed by atoms with Gasteiger partial charge in [0.2, 0.25) is 5.91 Å². The smallest absolute Gasteiger partial charge is 0.323 e. The van der Waals surface area contributed by atoms with E-state index in [0.29, 0.717) is 18.7 Å². The summed E-state index contributed by atoms with van der Waals surface area (Å²) in [6.45, 7) is 4.71. The zero-order valence-corrected chi connectivity index (χ0v) is 12.4. The summed E-state index contributed by atoms with van der Waals surface area (Å²) in [5, 5.41) is 8.07. The maximum atomic E-state index is 12.2. The first kappa shape index (κ1) is 16.4. The van der Waals surface area contributed by atoms with E-state index in [4.69, 9.17) is 0 Å². The van der Waals surface area contributed by atoms with E-state index in [9.17, 15) is 18.9 Å². The van der Waals surface area contributed by atoms with Gasteiger partial charge in [-0.15, -0.1) is 0 Å². The predicted octanol–water partition coefficient (Wildman–Crippen LogP) is 1.43. The van der Waals surface area contributed by atoms with Crippen molar-refractivity contribution in [2.24, 2.45) is 0 Å². The van der Waals surface area contributed by atoms with E-state index >= 15 is 0 Å². The van der Waals surface area contributed by atoms with Crippen LogP contribution < -0.4 is 0 Å². The number of carbonyl (C=O) groups is 2. The molecule has 0 saturated carbocycles. The Morgan fingerprint density at radius 1 is 1.20 bits per heavy atom. The van der Waals surface area contributed by atoms with Crippen LogP contribution in [0.15, 0.2) is 30.3 Å². The summed E-state index contributed by atoms with van der Waals surface area (Å²) < 4.78 is 12.2. The minimum absolute atomic E-state index is 0.270. The van der Waals surface area contributed by atoms with Crippen LogP contribution in [0.1, 0.15) is 24.7 Å². The molecule has 2 unspecified atom stereocenters. The van der Waals surface area contributed by atoms with Gasteiger partial charge >= 0.3 is 5.97 Å². The van der Waals surface area contributed by atoms with E-state index in [2.05, 4.69) is 0 Å². The van der Waals surface area contributed by atoms with Gasteiger partial charge in [0.25, 0.3) is 0 Å². The minimum Gasteiger partial charge on any atom is -0.480 e. The molecular weight excluding hydrogens is 278 g/mol. The summed E-state index contributed by atoms with van der Waals surface area (Å²) in [7, 11) is -1.78. The fourth-order valence-electron chi connectivity index (χ4n) is 1.91. The molecule has 1 N–H and O–H groups in total. The van der Waals surface area contributed by atoms with Crippen LogP contribution in [0.25, 0.3) is 0 Å². The number of rotatable bonds is 7. The van der Waals surface area contributed by atoms with Gasteiger partial charge in [0.15, 0.2) is 5.25 Å². The minimum atomic E-state index is -1.78. The summed E-state index contributed by atoms with van der Waals surface area (Å²) in [5.41, 5.74) is 0.450. The number of benzene rings is 1. The monoisotopic (exact) mass is 297 g/mol. The van der Waals surface area contributed by atoms with Crippen molar-refractivity contribution in [1.29, 1.82) is 0 Å². The van der Waals surface area contributed by atoms with E-state index in [0.717, 1.165) is 0 Å². The topological polar surface area (TPSA) is 74.7 Å². The van der Waals surface area contributed by atoms with E-state index in [1.54, 1.807) is 35.2 Å². The Kier molecular flexibility index (Phi) is 6.38. The number of carbonyl (C=O) groups excluding carboxylic acids is 1. The number of nitrogens with zero attached hydrogens (tertiary/aromatic N) is 1. The van der Waals surface area contributed by atoms with Crippen LogP contribution in [-0.4, -0.2) is 44.9 Å². The molecule has 0 bridgehead atoms. The molecule has 0 saturated heterocycles. The molecular formula is C14H19NO4S. The zero-order valence-electron chi connectivity index (χ0n) is 11.6. The van der Waals surface area contributed by atoms with Crippen molar-refractivity contribution >= 4 is 22.7 Å². The Morgan fingerprint density at radius 2 is 1.75 bits per heavy atom. The summed E-state index contributed by atoms with van der Waals surface area (Å²) in [6, 6.07) is 8.35. The second kappa shape index (κ2) is 7.79. The van der Waals surface area contributed by atoms with Gasteiger partial charge in [0.05, 0.1) is 0 Å². The largest absolute Gasteiger partial charge is 0.480 e. The molecule has 20 heavy (non-hydrogen) atoms. The van der Waals surface area contributed by atoms with Crippen molar-refractivity contribution in [3.05, 3.63) is 35.9 Å². The number of hydrogen-bond donors (Lipinski definition) is 1. The van der Waals surface area contributed by atoms with Crippen molar-refractivity contribution < 1.29 is 18.9 Å². The molecule has 0 aliphatic carbocycles. The molecule has 0 aliphatic heterocycles. The predicted molar refractivity (Wildman–Crippen MR) is 77.8 cm³/mol. The van der Waals surface area contributed by atoms with Crippen LogP contribution in [0.2, 0.25) is 0 Å². The highest BCUT2D eigenvalue weighted by Crippen LogP contribution is 2.20. The summed E-state index contributed by atoms with van der Waals surface area (Å²) in [5.74, 6) is -1.73. The van der Waals surface area contributed by atoms with Gasteiger partial charge in [0.1, 0.15) is 5.75 Å². The highest BCUT2D eigenvalue weighted by atomic mass is 32.2. The summed E-state index contributed by atoms with van der Waals surface area (Å²) in [4.78, 5) is 24.8. The van der Waals surface area contributed by atoms with Crippen molar-refractivity contribution in [2.75, 3.05) is 18.8 Å². The molecule has 1 aromatic carbocycles.